The minimum Gasteiger partial charge on any atom is -0.370 e. The Morgan fingerprint density at radius 1 is 1.00 bits per heavy atom. The Morgan fingerprint density at radius 2 is 1.39 bits per heavy atom. The van der Waals surface area contributed by atoms with Gasteiger partial charge in [0, 0.05) is 26.7 Å². The number of carbonyl (C=O) groups is 2. The van der Waals surface area contributed by atoms with Crippen molar-refractivity contribution in [3.63, 3.8) is 0 Å². The molecular formula is C10H20N2O6. The predicted molar refractivity (Wildman–Crippen MR) is 60.2 cm³/mol. The summed E-state index contributed by atoms with van der Waals surface area (Å²) < 4.78 is 0. The number of rotatable bonds is 7. The third-order valence-corrected chi connectivity index (χ3v) is 2.16. The predicted octanol–water partition coefficient (Wildman–Crippen LogP) is -1.82. The monoisotopic (exact) mass is 264 g/mol. The van der Waals surface area contributed by atoms with E-state index in [-0.39, 0.29) is 24.2 Å². The van der Waals surface area contributed by atoms with Crippen LogP contribution >= 0.6 is 0 Å². The van der Waals surface area contributed by atoms with Crippen molar-refractivity contribution < 1.29 is 30.0 Å². The number of unbranched alkanes of at least 4 members (excludes halogenated alkanes) is 1. The fraction of sp³-hybridized carbons (Fsp3) is 0.800. The number of hydrogen-bond acceptors (Lipinski definition) is 6. The highest BCUT2D eigenvalue weighted by atomic mass is 16.6. The lowest BCUT2D eigenvalue weighted by Crippen LogP contribution is -2.61. The van der Waals surface area contributed by atoms with E-state index < -0.39 is 23.6 Å². The molecule has 0 saturated heterocycles. The van der Waals surface area contributed by atoms with Crippen molar-refractivity contribution >= 4 is 11.8 Å². The van der Waals surface area contributed by atoms with E-state index in [1.54, 1.807) is 0 Å². The smallest absolute Gasteiger partial charge is 0.249 e. The van der Waals surface area contributed by atoms with Crippen molar-refractivity contribution in [2.24, 2.45) is 5.73 Å². The molecule has 2 amide bonds. The van der Waals surface area contributed by atoms with Gasteiger partial charge in [0.05, 0.1) is 0 Å². The number of amides is 2. The summed E-state index contributed by atoms with van der Waals surface area (Å²) in [6.07, 6.45) is 0.569. The van der Waals surface area contributed by atoms with Crippen LogP contribution in [-0.4, -0.2) is 49.0 Å². The molecule has 106 valence electrons. The zero-order valence-corrected chi connectivity index (χ0v) is 10.5. The second-order valence-electron chi connectivity index (χ2n) is 4.34. The molecule has 0 aliphatic rings. The number of aliphatic hydroxyl groups is 4. The van der Waals surface area contributed by atoms with Gasteiger partial charge in [0.2, 0.25) is 23.6 Å². The molecular weight excluding hydrogens is 244 g/mol. The average molecular weight is 264 g/mol. The number of nitrogens with zero attached hydrogens (tertiary/aromatic N) is 1. The minimum absolute atomic E-state index is 0.109. The second kappa shape index (κ2) is 6.10. The van der Waals surface area contributed by atoms with Crippen LogP contribution in [0.4, 0.5) is 0 Å². The lowest BCUT2D eigenvalue weighted by molar-refractivity contribution is -0.354. The maximum absolute atomic E-state index is 11.7. The first-order chi connectivity index (χ1) is 7.96. The van der Waals surface area contributed by atoms with Gasteiger partial charge in [-0.05, 0) is 12.8 Å². The Bertz CT molecular complexity index is 290. The van der Waals surface area contributed by atoms with Gasteiger partial charge in [0.25, 0.3) is 0 Å². The van der Waals surface area contributed by atoms with E-state index in [2.05, 4.69) is 0 Å². The van der Waals surface area contributed by atoms with Crippen LogP contribution < -0.4 is 5.73 Å². The quantitative estimate of drug-likeness (QED) is 0.270. The lowest BCUT2D eigenvalue weighted by Gasteiger charge is -2.39. The second-order valence-corrected chi connectivity index (χ2v) is 4.34. The van der Waals surface area contributed by atoms with Crippen molar-refractivity contribution in [3.05, 3.63) is 0 Å². The molecule has 0 aliphatic carbocycles. The van der Waals surface area contributed by atoms with Crippen LogP contribution in [0, 0.1) is 0 Å². The average Bonchev–Trinajstić information content (AvgIpc) is 2.06. The molecule has 0 heterocycles. The minimum atomic E-state index is -2.70. The number of carbonyl (C=O) groups excluding carboxylic acids is 2. The zero-order chi connectivity index (χ0) is 14.6. The van der Waals surface area contributed by atoms with Crippen molar-refractivity contribution in [2.45, 2.75) is 51.4 Å². The van der Waals surface area contributed by atoms with E-state index >= 15 is 0 Å². The summed E-state index contributed by atoms with van der Waals surface area (Å²) >= 11 is 0. The van der Waals surface area contributed by atoms with Gasteiger partial charge in [0.15, 0.2) is 0 Å². The Hall–Kier alpha value is -1.22. The summed E-state index contributed by atoms with van der Waals surface area (Å²) in [4.78, 5) is 22.3. The fourth-order valence-corrected chi connectivity index (χ4v) is 1.56. The van der Waals surface area contributed by atoms with E-state index in [1.807, 2.05) is 0 Å². The molecule has 0 fully saturated rings. The highest BCUT2D eigenvalue weighted by Gasteiger charge is 2.42. The molecule has 18 heavy (non-hydrogen) atoms. The van der Waals surface area contributed by atoms with E-state index in [0.29, 0.717) is 6.42 Å². The Balaban J connectivity index is 4.47. The first-order valence-electron chi connectivity index (χ1n) is 5.47. The summed E-state index contributed by atoms with van der Waals surface area (Å²) in [5.74, 6) is -6.75. The summed E-state index contributed by atoms with van der Waals surface area (Å²) in [5.41, 5.74) is 4.91. The maximum atomic E-state index is 11.7. The molecule has 0 radical (unpaired) electrons. The van der Waals surface area contributed by atoms with Crippen molar-refractivity contribution in [3.8, 4) is 0 Å². The maximum Gasteiger partial charge on any atom is 0.249 e. The number of nitrogens with two attached hydrogens (primary N) is 1. The fourth-order valence-electron chi connectivity index (χ4n) is 1.56. The largest absolute Gasteiger partial charge is 0.370 e. The van der Waals surface area contributed by atoms with Crippen LogP contribution in [0.5, 0.6) is 0 Å². The molecule has 0 aromatic heterocycles. The van der Waals surface area contributed by atoms with Crippen LogP contribution in [0.1, 0.15) is 39.5 Å². The van der Waals surface area contributed by atoms with Gasteiger partial charge in [-0.3, -0.25) is 9.59 Å². The first-order valence-corrected chi connectivity index (χ1v) is 5.47. The molecule has 6 N–H and O–H groups in total. The lowest BCUT2D eigenvalue weighted by atomic mass is 10.1. The molecule has 0 rings (SSSR count). The van der Waals surface area contributed by atoms with E-state index in [4.69, 9.17) is 5.73 Å². The molecule has 0 aromatic rings. The van der Waals surface area contributed by atoms with Crippen LogP contribution in [0.2, 0.25) is 0 Å². The topological polar surface area (TPSA) is 144 Å². The van der Waals surface area contributed by atoms with Gasteiger partial charge in [-0.2, -0.15) is 0 Å². The van der Waals surface area contributed by atoms with Crippen molar-refractivity contribution in [1.29, 1.82) is 0 Å². The van der Waals surface area contributed by atoms with Crippen LogP contribution in [0.25, 0.3) is 0 Å². The Labute approximate surface area is 105 Å². The van der Waals surface area contributed by atoms with E-state index in [1.165, 1.54) is 0 Å². The highest BCUT2D eigenvalue weighted by Crippen LogP contribution is 2.20. The summed E-state index contributed by atoms with van der Waals surface area (Å²) in [6.45, 7) is 1.66. The Morgan fingerprint density at radius 3 is 1.72 bits per heavy atom. The molecule has 0 bridgehead atoms. The third kappa shape index (κ3) is 5.92. The van der Waals surface area contributed by atoms with E-state index in [9.17, 15) is 30.0 Å². The van der Waals surface area contributed by atoms with Gasteiger partial charge in [-0.25, -0.2) is 4.90 Å². The molecule has 0 aliphatic heterocycles. The van der Waals surface area contributed by atoms with Crippen molar-refractivity contribution in [2.75, 3.05) is 0 Å². The molecule has 0 atom stereocenters. The highest BCUT2D eigenvalue weighted by molar-refractivity contribution is 5.77. The van der Waals surface area contributed by atoms with Crippen LogP contribution in [-0.2, 0) is 9.59 Å². The molecule has 0 spiro atoms. The third-order valence-electron chi connectivity index (χ3n) is 2.16. The van der Waals surface area contributed by atoms with Gasteiger partial charge in [-0.1, -0.05) is 0 Å². The summed E-state index contributed by atoms with van der Waals surface area (Å²) in [5, 5.41) is 37.2. The van der Waals surface area contributed by atoms with Gasteiger partial charge in [-0.15, -0.1) is 0 Å². The van der Waals surface area contributed by atoms with Crippen LogP contribution in [0.3, 0.4) is 0 Å². The van der Waals surface area contributed by atoms with Gasteiger partial charge < -0.3 is 26.2 Å². The summed E-state index contributed by atoms with van der Waals surface area (Å²) in [6, 6.07) is 0. The van der Waals surface area contributed by atoms with Gasteiger partial charge in [0.1, 0.15) is 0 Å². The molecule has 0 saturated carbocycles. The van der Waals surface area contributed by atoms with Crippen molar-refractivity contribution in [1.82, 2.24) is 4.90 Å². The molecule has 8 nitrogen and oxygen atoms in total. The van der Waals surface area contributed by atoms with Gasteiger partial charge >= 0.3 is 0 Å². The van der Waals surface area contributed by atoms with E-state index in [0.717, 1.165) is 13.8 Å². The number of hydrogen-bond donors (Lipinski definition) is 5. The molecule has 0 aromatic carbocycles. The van der Waals surface area contributed by atoms with Crippen LogP contribution in [0.15, 0.2) is 0 Å². The molecule has 0 unspecified atom stereocenters. The normalized spacial score (nSPS) is 12.3. The number of primary amides is 1. The zero-order valence-electron chi connectivity index (χ0n) is 10.5. The summed E-state index contributed by atoms with van der Waals surface area (Å²) in [7, 11) is 0. The molecule has 8 heteroatoms. The Kier molecular flexibility index (Phi) is 5.68. The standard InChI is InChI=1S/C10H20N2O6/c1-9(15,16)12(10(2,17)18)8(14)6-4-3-5-7(11)13/h15-18H,3-6H2,1-2H3,(H2,11,13). The SMILES string of the molecule is CC(O)(O)N(C(=O)CCCCC(N)=O)C(C)(O)O. The first kappa shape index (κ1) is 16.8.